The molecule has 0 unspecified atom stereocenters. The molecule has 0 radical (unpaired) electrons. The van der Waals surface area contributed by atoms with Gasteiger partial charge in [0.15, 0.2) is 0 Å². The molecular weight excluding hydrogens is 250 g/mol. The maximum Gasteiger partial charge on any atom is 0.239 e. The molecule has 3 N–H and O–H groups in total. The normalized spacial score (nSPS) is 10.5. The highest BCUT2D eigenvalue weighted by atomic mass is 16.5. The van der Waals surface area contributed by atoms with Gasteiger partial charge in [0, 0.05) is 6.54 Å². The number of nitrogens with one attached hydrogen (secondary N) is 1. The van der Waals surface area contributed by atoms with Gasteiger partial charge in [-0.1, -0.05) is 46.0 Å². The number of nitrogens with zero attached hydrogens (tertiary/aromatic N) is 1. The first-order valence-electron chi connectivity index (χ1n) is 7.91. The van der Waals surface area contributed by atoms with Crippen LogP contribution in [-0.4, -0.2) is 18.1 Å². The summed E-state index contributed by atoms with van der Waals surface area (Å²) in [5.41, 5.74) is 6.44. The number of pyridine rings is 1. The lowest BCUT2D eigenvalue weighted by atomic mass is 10.1. The Morgan fingerprint density at radius 1 is 1.05 bits per heavy atom. The van der Waals surface area contributed by atoms with Crippen molar-refractivity contribution in [2.24, 2.45) is 0 Å². The van der Waals surface area contributed by atoms with Gasteiger partial charge in [0.25, 0.3) is 0 Å². The van der Waals surface area contributed by atoms with Gasteiger partial charge in [-0.25, -0.2) is 0 Å². The molecule has 0 atom stereocenters. The van der Waals surface area contributed by atoms with Crippen molar-refractivity contribution >= 4 is 11.5 Å². The Bertz CT molecular complexity index is 369. The number of hydrogen-bond acceptors (Lipinski definition) is 4. The summed E-state index contributed by atoms with van der Waals surface area (Å²) >= 11 is 0. The molecule has 0 bridgehead atoms. The second kappa shape index (κ2) is 10.4. The summed E-state index contributed by atoms with van der Waals surface area (Å²) in [6.07, 6.45) is 8.75. The molecule has 1 aromatic heterocycles. The number of hydrogen-bond donors (Lipinski definition) is 2. The molecule has 0 saturated carbocycles. The van der Waals surface area contributed by atoms with Crippen LogP contribution in [0, 0.1) is 0 Å². The van der Waals surface area contributed by atoms with Crippen molar-refractivity contribution < 1.29 is 4.74 Å². The first-order chi connectivity index (χ1) is 9.77. The lowest BCUT2D eigenvalue weighted by Crippen LogP contribution is -2.06. The third-order valence-corrected chi connectivity index (χ3v) is 3.17. The minimum absolute atomic E-state index is 0.541. The van der Waals surface area contributed by atoms with E-state index in [0.717, 1.165) is 18.8 Å². The highest BCUT2D eigenvalue weighted by molar-refractivity contribution is 5.53. The fourth-order valence-electron chi connectivity index (χ4n) is 1.99. The highest BCUT2D eigenvalue weighted by Crippen LogP contribution is 2.21. The predicted molar refractivity (Wildman–Crippen MR) is 86.3 cm³/mol. The van der Waals surface area contributed by atoms with Crippen LogP contribution in [0.25, 0.3) is 0 Å². The smallest absolute Gasteiger partial charge is 0.239 e. The molecule has 0 aliphatic rings. The van der Waals surface area contributed by atoms with Gasteiger partial charge >= 0.3 is 0 Å². The van der Waals surface area contributed by atoms with Crippen molar-refractivity contribution in [1.82, 2.24) is 4.98 Å². The van der Waals surface area contributed by atoms with Crippen LogP contribution >= 0.6 is 0 Å². The topological polar surface area (TPSA) is 60.2 Å². The predicted octanol–water partition coefficient (Wildman–Crippen LogP) is 4.23. The van der Waals surface area contributed by atoms with Crippen molar-refractivity contribution in [3.8, 4) is 5.88 Å². The number of aromatic nitrogens is 1. The summed E-state index contributed by atoms with van der Waals surface area (Å²) in [5, 5.41) is 3.33. The Hall–Kier alpha value is -1.45. The van der Waals surface area contributed by atoms with E-state index in [1.807, 2.05) is 12.1 Å². The standard InChI is InChI=1S/C16H29N3O/c1-3-5-6-7-8-9-12-18-15-11-10-14(17)16(19-15)20-13-4-2/h10-11H,3-9,12-13,17H2,1-2H3,(H,18,19). The summed E-state index contributed by atoms with van der Waals surface area (Å²) < 4.78 is 5.52. The second-order valence-electron chi connectivity index (χ2n) is 5.13. The lowest BCUT2D eigenvalue weighted by Gasteiger charge is -2.10. The summed E-state index contributed by atoms with van der Waals surface area (Å²) in [6.45, 7) is 5.91. The van der Waals surface area contributed by atoms with E-state index >= 15 is 0 Å². The molecule has 4 heteroatoms. The molecule has 0 aromatic carbocycles. The molecule has 0 aliphatic carbocycles. The van der Waals surface area contributed by atoms with Crippen molar-refractivity contribution in [3.05, 3.63) is 12.1 Å². The maximum atomic E-state index is 5.84. The zero-order chi connectivity index (χ0) is 14.6. The van der Waals surface area contributed by atoms with Crippen molar-refractivity contribution in [3.63, 3.8) is 0 Å². The molecule has 1 heterocycles. The van der Waals surface area contributed by atoms with Crippen LogP contribution in [0.1, 0.15) is 58.8 Å². The molecule has 20 heavy (non-hydrogen) atoms. The zero-order valence-corrected chi connectivity index (χ0v) is 13.0. The molecule has 4 nitrogen and oxygen atoms in total. The number of nitrogens with two attached hydrogens (primary N) is 1. The molecule has 0 saturated heterocycles. The van der Waals surface area contributed by atoms with E-state index < -0.39 is 0 Å². The van der Waals surface area contributed by atoms with Gasteiger partial charge in [-0.15, -0.1) is 0 Å². The van der Waals surface area contributed by atoms with Crippen molar-refractivity contribution in [2.75, 3.05) is 24.2 Å². The third-order valence-electron chi connectivity index (χ3n) is 3.17. The van der Waals surface area contributed by atoms with Gasteiger partial charge in [-0.2, -0.15) is 4.98 Å². The Balaban J connectivity index is 2.26. The molecule has 0 spiro atoms. The number of ether oxygens (including phenoxy) is 1. The Kier molecular flexibility index (Phi) is 8.59. The summed E-state index contributed by atoms with van der Waals surface area (Å²) in [6, 6.07) is 3.76. The Morgan fingerprint density at radius 2 is 1.80 bits per heavy atom. The van der Waals surface area contributed by atoms with Crippen LogP contribution < -0.4 is 15.8 Å². The van der Waals surface area contributed by atoms with E-state index in [-0.39, 0.29) is 0 Å². The average molecular weight is 279 g/mol. The third kappa shape index (κ3) is 6.64. The quantitative estimate of drug-likeness (QED) is 0.595. The number of rotatable bonds is 11. The van der Waals surface area contributed by atoms with Gasteiger partial charge in [0.2, 0.25) is 5.88 Å². The average Bonchev–Trinajstić information content (AvgIpc) is 2.46. The molecule has 0 aliphatic heterocycles. The van der Waals surface area contributed by atoms with Gasteiger partial charge in [-0.05, 0) is 25.0 Å². The maximum absolute atomic E-state index is 5.84. The van der Waals surface area contributed by atoms with Crippen LogP contribution in [-0.2, 0) is 0 Å². The molecule has 0 amide bonds. The van der Waals surface area contributed by atoms with Gasteiger partial charge in [-0.3, -0.25) is 0 Å². The van der Waals surface area contributed by atoms with Gasteiger partial charge < -0.3 is 15.8 Å². The first kappa shape index (κ1) is 16.6. The van der Waals surface area contributed by atoms with Gasteiger partial charge in [0.1, 0.15) is 5.82 Å². The minimum atomic E-state index is 0.541. The zero-order valence-electron chi connectivity index (χ0n) is 13.0. The van der Waals surface area contributed by atoms with E-state index in [1.54, 1.807) is 0 Å². The number of nitrogen functional groups attached to an aromatic ring is 1. The van der Waals surface area contributed by atoms with Crippen LogP contribution in [0.4, 0.5) is 11.5 Å². The lowest BCUT2D eigenvalue weighted by molar-refractivity contribution is 0.307. The van der Waals surface area contributed by atoms with Gasteiger partial charge in [0.05, 0.1) is 12.3 Å². The van der Waals surface area contributed by atoms with Crippen LogP contribution in [0.5, 0.6) is 5.88 Å². The van der Waals surface area contributed by atoms with E-state index in [2.05, 4.69) is 24.1 Å². The summed E-state index contributed by atoms with van der Waals surface area (Å²) in [5.74, 6) is 1.39. The Labute approximate surface area is 123 Å². The molecule has 114 valence electrons. The SMILES string of the molecule is CCCCCCCCNc1ccc(N)c(OCCC)n1. The molecule has 0 fully saturated rings. The van der Waals surface area contributed by atoms with Crippen molar-refractivity contribution in [2.45, 2.75) is 58.8 Å². The Morgan fingerprint density at radius 3 is 2.55 bits per heavy atom. The number of unbranched alkanes of at least 4 members (excludes halogenated alkanes) is 5. The summed E-state index contributed by atoms with van der Waals surface area (Å²) in [4.78, 5) is 4.40. The molecule has 1 rings (SSSR count). The van der Waals surface area contributed by atoms with Crippen molar-refractivity contribution in [1.29, 1.82) is 0 Å². The number of anilines is 2. The monoisotopic (exact) mass is 279 g/mol. The largest absolute Gasteiger partial charge is 0.476 e. The first-order valence-corrected chi connectivity index (χ1v) is 7.91. The van der Waals surface area contributed by atoms with E-state index in [9.17, 15) is 0 Å². The minimum Gasteiger partial charge on any atom is -0.476 e. The highest BCUT2D eigenvalue weighted by Gasteiger charge is 2.03. The van der Waals surface area contributed by atoms with Crippen LogP contribution in [0.2, 0.25) is 0 Å². The van der Waals surface area contributed by atoms with E-state index in [0.29, 0.717) is 18.2 Å². The van der Waals surface area contributed by atoms with E-state index in [4.69, 9.17) is 10.5 Å². The summed E-state index contributed by atoms with van der Waals surface area (Å²) in [7, 11) is 0. The fourth-order valence-corrected chi connectivity index (χ4v) is 1.99. The fraction of sp³-hybridized carbons (Fsp3) is 0.688. The van der Waals surface area contributed by atoms with Crippen LogP contribution in [0.3, 0.4) is 0 Å². The van der Waals surface area contributed by atoms with E-state index in [1.165, 1.54) is 38.5 Å². The molecular formula is C16H29N3O. The second-order valence-corrected chi connectivity index (χ2v) is 5.13. The van der Waals surface area contributed by atoms with Crippen LogP contribution in [0.15, 0.2) is 12.1 Å². The molecule has 1 aromatic rings.